The first-order chi connectivity index (χ1) is 23.5. The predicted octanol–water partition coefficient (Wildman–Crippen LogP) is 7.19. The zero-order valence-corrected chi connectivity index (χ0v) is 25.9. The Hall–Kier alpha value is -5.62. The van der Waals surface area contributed by atoms with Gasteiger partial charge in [0, 0.05) is 11.8 Å². The van der Waals surface area contributed by atoms with Crippen LogP contribution in [0.5, 0.6) is 0 Å². The number of fused-ring (bicyclic) bond motifs is 3. The lowest BCUT2D eigenvalue weighted by atomic mass is 9.49. The molecule has 232 valence electrons. The molecule has 3 fully saturated rings. The molecule has 1 saturated carbocycles. The molecule has 2 saturated heterocycles. The van der Waals surface area contributed by atoms with Crippen molar-refractivity contribution in [1.82, 2.24) is 0 Å². The molecule has 2 bridgehead atoms. The van der Waals surface area contributed by atoms with E-state index < -0.39 is 23.7 Å². The van der Waals surface area contributed by atoms with Gasteiger partial charge in [0.2, 0.25) is 23.6 Å². The van der Waals surface area contributed by atoms with Crippen molar-refractivity contribution in [1.29, 1.82) is 0 Å². The molecule has 5 aromatic carbocycles. The van der Waals surface area contributed by atoms with Crippen LogP contribution in [0.25, 0.3) is 27.1 Å². The summed E-state index contributed by atoms with van der Waals surface area (Å²) in [7, 11) is 0. The third-order valence-corrected chi connectivity index (χ3v) is 11.6. The Balaban J connectivity index is 1.11. The van der Waals surface area contributed by atoms with Gasteiger partial charge in [-0.1, -0.05) is 109 Å². The summed E-state index contributed by atoms with van der Waals surface area (Å²) < 4.78 is 0. The molecule has 0 aromatic heterocycles. The van der Waals surface area contributed by atoms with Crippen LogP contribution < -0.4 is 9.80 Å². The highest BCUT2D eigenvalue weighted by Gasteiger charge is 2.67. The first kappa shape index (κ1) is 27.5. The molecule has 6 heteroatoms. The average Bonchev–Trinajstić information content (AvgIpc) is 3.56. The highest BCUT2D eigenvalue weighted by atomic mass is 16.2. The molecule has 6 nitrogen and oxygen atoms in total. The van der Waals surface area contributed by atoms with E-state index in [1.807, 2.05) is 103 Å². The normalized spacial score (nSPS) is 28.9. The van der Waals surface area contributed by atoms with Crippen molar-refractivity contribution in [2.75, 3.05) is 9.80 Å². The lowest BCUT2D eigenvalue weighted by molar-refractivity contribution is -0.129. The van der Waals surface area contributed by atoms with Crippen LogP contribution in [0.15, 0.2) is 133 Å². The molecule has 4 amide bonds. The van der Waals surface area contributed by atoms with Gasteiger partial charge in [0.25, 0.3) is 0 Å². The molecule has 6 aliphatic rings. The van der Waals surface area contributed by atoms with Gasteiger partial charge in [-0.3, -0.25) is 24.1 Å². The largest absolute Gasteiger partial charge is 0.274 e. The van der Waals surface area contributed by atoms with Gasteiger partial charge in [0.15, 0.2) is 0 Å². The summed E-state index contributed by atoms with van der Waals surface area (Å²) in [5, 5.41) is 3.99. The maximum atomic E-state index is 14.6. The van der Waals surface area contributed by atoms with Crippen molar-refractivity contribution >= 4 is 62.1 Å². The number of anilines is 2. The molecule has 11 rings (SSSR count). The topological polar surface area (TPSA) is 74.8 Å². The SMILES string of the molecule is O=C1C2CC(c3ccccc3)=C3C4C=CC(C5C(=O)N(c6ccc7ccccc7c6)C(=O)C45)C3C2C(=O)N1c1ccc2ccccc2c1. The molecular formula is C42H30N2O4. The summed E-state index contributed by atoms with van der Waals surface area (Å²) in [5.74, 6) is -4.19. The average molecular weight is 627 g/mol. The molecule has 0 radical (unpaired) electrons. The van der Waals surface area contributed by atoms with E-state index in [1.54, 1.807) is 0 Å². The summed E-state index contributed by atoms with van der Waals surface area (Å²) in [6.45, 7) is 0. The fourth-order valence-electron chi connectivity index (χ4n) is 9.66. The van der Waals surface area contributed by atoms with E-state index in [1.165, 1.54) is 9.80 Å². The second-order valence-electron chi connectivity index (χ2n) is 13.8. The second kappa shape index (κ2) is 9.94. The van der Waals surface area contributed by atoms with E-state index in [2.05, 4.69) is 24.3 Å². The number of hydrogen-bond acceptors (Lipinski definition) is 4. The fourth-order valence-corrected chi connectivity index (χ4v) is 9.66. The molecule has 5 aromatic rings. The summed E-state index contributed by atoms with van der Waals surface area (Å²) in [6, 6.07) is 37.3. The third kappa shape index (κ3) is 3.63. The number of nitrogens with zero attached hydrogens (tertiary/aromatic N) is 2. The standard InChI is InChI=1S/C42H30N2O4/c45-39-33-22-32(25-10-2-1-3-11-25)34-30-18-19-31(35(34)38(33)42(48)43(39)28-16-14-23-8-4-6-12-26(23)20-28)37-36(30)40(46)44(41(37)47)29-17-15-24-9-5-7-13-27(24)21-29/h1-21,30-31,33,35-38H,22H2. The van der Waals surface area contributed by atoms with Gasteiger partial charge in [-0.2, -0.15) is 0 Å². The van der Waals surface area contributed by atoms with Gasteiger partial charge >= 0.3 is 0 Å². The Morgan fingerprint density at radius 3 is 1.67 bits per heavy atom. The van der Waals surface area contributed by atoms with E-state index in [9.17, 15) is 19.2 Å². The molecule has 2 heterocycles. The van der Waals surface area contributed by atoms with Crippen LogP contribution in [0, 0.1) is 41.4 Å². The van der Waals surface area contributed by atoms with Gasteiger partial charge in [-0.15, -0.1) is 0 Å². The van der Waals surface area contributed by atoms with E-state index >= 15 is 0 Å². The zero-order valence-electron chi connectivity index (χ0n) is 25.9. The zero-order chi connectivity index (χ0) is 32.3. The maximum absolute atomic E-state index is 14.6. The van der Waals surface area contributed by atoms with Crippen molar-refractivity contribution < 1.29 is 19.2 Å². The summed E-state index contributed by atoms with van der Waals surface area (Å²) >= 11 is 0. The van der Waals surface area contributed by atoms with Crippen molar-refractivity contribution in [3.63, 3.8) is 0 Å². The molecule has 7 unspecified atom stereocenters. The number of imide groups is 2. The Kier molecular flexibility index (Phi) is 5.69. The van der Waals surface area contributed by atoms with Crippen LogP contribution in [0.4, 0.5) is 11.4 Å². The Morgan fingerprint density at radius 2 is 1.02 bits per heavy atom. The number of carbonyl (C=O) groups excluding carboxylic acids is 4. The van der Waals surface area contributed by atoms with Crippen molar-refractivity contribution in [2.45, 2.75) is 6.42 Å². The molecule has 2 aliphatic heterocycles. The van der Waals surface area contributed by atoms with E-state index in [0.29, 0.717) is 17.8 Å². The Bertz CT molecular complexity index is 2320. The number of carbonyl (C=O) groups is 4. The monoisotopic (exact) mass is 626 g/mol. The van der Waals surface area contributed by atoms with Crippen LogP contribution in [0.1, 0.15) is 12.0 Å². The fraction of sp³-hybridized carbons (Fsp3) is 0.190. The van der Waals surface area contributed by atoms with Gasteiger partial charge in [0.05, 0.1) is 35.0 Å². The van der Waals surface area contributed by atoms with Crippen LogP contribution in [0.3, 0.4) is 0 Å². The quantitative estimate of drug-likeness (QED) is 0.157. The predicted molar refractivity (Wildman–Crippen MR) is 184 cm³/mol. The van der Waals surface area contributed by atoms with Gasteiger partial charge in [0.1, 0.15) is 0 Å². The smallest absolute Gasteiger partial charge is 0.238 e. The molecule has 7 atom stereocenters. The Labute approximate surface area is 277 Å². The molecule has 48 heavy (non-hydrogen) atoms. The van der Waals surface area contributed by atoms with Crippen LogP contribution in [0.2, 0.25) is 0 Å². The van der Waals surface area contributed by atoms with Crippen molar-refractivity contribution in [3.8, 4) is 0 Å². The maximum Gasteiger partial charge on any atom is 0.238 e. The highest BCUT2D eigenvalue weighted by Crippen LogP contribution is 2.63. The number of benzene rings is 5. The number of allylic oxidation sites excluding steroid dienone is 4. The van der Waals surface area contributed by atoms with E-state index in [4.69, 9.17) is 0 Å². The summed E-state index contributed by atoms with van der Waals surface area (Å²) in [6.07, 6.45) is 4.58. The first-order valence-corrected chi connectivity index (χ1v) is 16.7. The minimum atomic E-state index is -0.609. The van der Waals surface area contributed by atoms with Crippen LogP contribution >= 0.6 is 0 Å². The second-order valence-corrected chi connectivity index (χ2v) is 13.8. The molecule has 4 aliphatic carbocycles. The molecule has 0 spiro atoms. The molecular weight excluding hydrogens is 596 g/mol. The van der Waals surface area contributed by atoms with E-state index in [-0.39, 0.29) is 41.4 Å². The Morgan fingerprint density at radius 1 is 0.479 bits per heavy atom. The van der Waals surface area contributed by atoms with Crippen molar-refractivity contribution in [2.24, 2.45) is 41.4 Å². The van der Waals surface area contributed by atoms with Crippen LogP contribution in [-0.2, 0) is 19.2 Å². The number of amides is 4. The lowest BCUT2D eigenvalue weighted by Gasteiger charge is -2.51. The van der Waals surface area contributed by atoms with Crippen LogP contribution in [-0.4, -0.2) is 23.6 Å². The number of hydrogen-bond donors (Lipinski definition) is 0. The summed E-state index contributed by atoms with van der Waals surface area (Å²) in [4.78, 5) is 60.6. The minimum absolute atomic E-state index is 0.188. The lowest BCUT2D eigenvalue weighted by Crippen LogP contribution is -2.51. The van der Waals surface area contributed by atoms with Gasteiger partial charge in [-0.05, 0) is 69.3 Å². The third-order valence-electron chi connectivity index (χ3n) is 11.6. The molecule has 0 N–H and O–H groups in total. The van der Waals surface area contributed by atoms with E-state index in [0.717, 1.165) is 38.3 Å². The highest BCUT2D eigenvalue weighted by molar-refractivity contribution is 6.25. The van der Waals surface area contributed by atoms with Crippen molar-refractivity contribution in [3.05, 3.63) is 139 Å². The van der Waals surface area contributed by atoms with Gasteiger partial charge in [-0.25, -0.2) is 4.90 Å². The summed E-state index contributed by atoms with van der Waals surface area (Å²) in [5.41, 5.74) is 4.24. The number of rotatable bonds is 3. The van der Waals surface area contributed by atoms with Gasteiger partial charge < -0.3 is 0 Å². The first-order valence-electron chi connectivity index (χ1n) is 16.7. The minimum Gasteiger partial charge on any atom is -0.274 e.